The highest BCUT2D eigenvalue weighted by Crippen LogP contribution is 2.15. The summed E-state index contributed by atoms with van der Waals surface area (Å²) in [7, 11) is 0. The third-order valence-corrected chi connectivity index (χ3v) is 2.20. The molecule has 0 radical (unpaired) electrons. The number of nitrogens with zero attached hydrogens (tertiary/aromatic N) is 2. The topological polar surface area (TPSA) is 117 Å². The Morgan fingerprint density at radius 3 is 2.76 bits per heavy atom. The number of nitrogen functional groups attached to an aromatic ring is 1. The molecular weight excluding hydrogens is 222 g/mol. The van der Waals surface area contributed by atoms with E-state index in [-0.39, 0.29) is 18.3 Å². The second-order valence-corrected chi connectivity index (χ2v) is 4.82. The lowest BCUT2D eigenvalue weighted by Gasteiger charge is -2.25. The van der Waals surface area contributed by atoms with E-state index < -0.39 is 11.5 Å². The van der Waals surface area contributed by atoms with Gasteiger partial charge in [-0.3, -0.25) is 9.89 Å². The van der Waals surface area contributed by atoms with Crippen molar-refractivity contribution in [2.45, 2.75) is 32.8 Å². The minimum absolute atomic E-state index is 0.0177. The first-order chi connectivity index (χ1) is 7.80. The highest BCUT2D eigenvalue weighted by molar-refractivity contribution is 5.90. The van der Waals surface area contributed by atoms with Crippen molar-refractivity contribution in [2.24, 2.45) is 5.92 Å². The number of aliphatic hydroxyl groups is 1. The zero-order valence-electron chi connectivity index (χ0n) is 10.3. The molecule has 0 spiro atoms. The van der Waals surface area contributed by atoms with Gasteiger partial charge in [0.05, 0.1) is 5.60 Å². The molecule has 1 rings (SSSR count). The molecule has 0 fully saturated rings. The number of anilines is 1. The Labute approximate surface area is 99.8 Å². The maximum Gasteiger partial charge on any atom is 0.288 e. The molecule has 5 N–H and O–H groups in total. The summed E-state index contributed by atoms with van der Waals surface area (Å²) >= 11 is 0. The van der Waals surface area contributed by atoms with Crippen LogP contribution in [0.1, 0.15) is 37.8 Å². The van der Waals surface area contributed by atoms with Crippen molar-refractivity contribution in [1.29, 1.82) is 0 Å². The number of H-pyrrole nitrogens is 1. The molecule has 1 atom stereocenters. The second kappa shape index (κ2) is 5.13. The summed E-state index contributed by atoms with van der Waals surface area (Å²) in [5.41, 5.74) is 4.35. The first kappa shape index (κ1) is 13.4. The highest BCUT2D eigenvalue weighted by Gasteiger charge is 2.23. The van der Waals surface area contributed by atoms with Gasteiger partial charge in [0.15, 0.2) is 0 Å². The second-order valence-electron chi connectivity index (χ2n) is 4.82. The molecule has 1 aromatic heterocycles. The first-order valence-corrected chi connectivity index (χ1v) is 5.48. The molecular formula is C10H19N5O2. The SMILES string of the molecule is CC(C)CC(C)(O)CNC(=O)c1nc(N)n[nH]1. The van der Waals surface area contributed by atoms with Gasteiger partial charge in [-0.1, -0.05) is 13.8 Å². The molecule has 0 saturated heterocycles. The molecule has 0 saturated carbocycles. The van der Waals surface area contributed by atoms with Crippen molar-refractivity contribution in [3.05, 3.63) is 5.82 Å². The smallest absolute Gasteiger partial charge is 0.288 e. The van der Waals surface area contributed by atoms with Crippen molar-refractivity contribution >= 4 is 11.9 Å². The van der Waals surface area contributed by atoms with Crippen LogP contribution in [0, 0.1) is 5.92 Å². The van der Waals surface area contributed by atoms with Crippen LogP contribution in [0.15, 0.2) is 0 Å². The maximum atomic E-state index is 11.6. The van der Waals surface area contributed by atoms with Gasteiger partial charge in [-0.25, -0.2) is 0 Å². The summed E-state index contributed by atoms with van der Waals surface area (Å²) in [5, 5.41) is 18.5. The zero-order chi connectivity index (χ0) is 13.1. The van der Waals surface area contributed by atoms with E-state index in [1.165, 1.54) is 0 Å². The molecule has 1 amide bonds. The first-order valence-electron chi connectivity index (χ1n) is 5.48. The van der Waals surface area contributed by atoms with E-state index in [0.717, 1.165) is 0 Å². The molecule has 0 aromatic carbocycles. The number of carbonyl (C=O) groups is 1. The number of rotatable bonds is 5. The van der Waals surface area contributed by atoms with E-state index in [0.29, 0.717) is 12.3 Å². The van der Waals surface area contributed by atoms with Gasteiger partial charge in [0, 0.05) is 6.54 Å². The summed E-state index contributed by atoms with van der Waals surface area (Å²) in [4.78, 5) is 15.3. The highest BCUT2D eigenvalue weighted by atomic mass is 16.3. The Hall–Kier alpha value is -1.63. The summed E-state index contributed by atoms with van der Waals surface area (Å²) in [6.45, 7) is 5.85. The predicted molar refractivity (Wildman–Crippen MR) is 63.2 cm³/mol. The van der Waals surface area contributed by atoms with Crippen LogP contribution in [0.5, 0.6) is 0 Å². The molecule has 0 aliphatic heterocycles. The van der Waals surface area contributed by atoms with Crippen molar-refractivity contribution < 1.29 is 9.90 Å². The van der Waals surface area contributed by atoms with E-state index in [4.69, 9.17) is 5.73 Å². The van der Waals surface area contributed by atoms with E-state index in [1.807, 2.05) is 13.8 Å². The standard InChI is InChI=1S/C10H19N5O2/c1-6(2)4-10(3,17)5-12-8(16)7-13-9(11)15-14-7/h6,17H,4-5H2,1-3H3,(H,12,16)(H3,11,13,14,15). The Morgan fingerprint density at radius 2 is 2.29 bits per heavy atom. The van der Waals surface area contributed by atoms with E-state index in [1.54, 1.807) is 6.92 Å². The lowest BCUT2D eigenvalue weighted by atomic mass is 9.94. The fraction of sp³-hybridized carbons (Fsp3) is 0.700. The molecule has 0 aliphatic rings. The lowest BCUT2D eigenvalue weighted by molar-refractivity contribution is 0.0366. The minimum Gasteiger partial charge on any atom is -0.388 e. The molecule has 7 heteroatoms. The van der Waals surface area contributed by atoms with Gasteiger partial charge < -0.3 is 16.2 Å². The third kappa shape index (κ3) is 4.39. The molecule has 17 heavy (non-hydrogen) atoms. The Balaban J connectivity index is 2.48. The number of carbonyl (C=O) groups excluding carboxylic acids is 1. The van der Waals surface area contributed by atoms with Gasteiger partial charge in [0.1, 0.15) is 0 Å². The van der Waals surface area contributed by atoms with Gasteiger partial charge in [-0.2, -0.15) is 4.98 Å². The molecule has 0 bridgehead atoms. The number of hydrogen-bond donors (Lipinski definition) is 4. The molecule has 0 aliphatic carbocycles. The number of amides is 1. The van der Waals surface area contributed by atoms with Gasteiger partial charge in [0.25, 0.3) is 5.91 Å². The van der Waals surface area contributed by atoms with Gasteiger partial charge in [-0.15, -0.1) is 5.10 Å². The number of aromatic nitrogens is 3. The van der Waals surface area contributed by atoms with Gasteiger partial charge in [-0.05, 0) is 19.3 Å². The predicted octanol–water partition coefficient (Wildman–Crippen LogP) is -0.0862. The van der Waals surface area contributed by atoms with Crippen molar-refractivity contribution in [3.8, 4) is 0 Å². The van der Waals surface area contributed by atoms with Crippen molar-refractivity contribution in [3.63, 3.8) is 0 Å². The fourth-order valence-corrected chi connectivity index (χ4v) is 1.68. The van der Waals surface area contributed by atoms with Gasteiger partial charge >= 0.3 is 0 Å². The van der Waals surface area contributed by atoms with E-state index in [2.05, 4.69) is 20.5 Å². The Bertz CT molecular complexity index is 386. The van der Waals surface area contributed by atoms with Crippen LogP contribution in [-0.4, -0.2) is 38.3 Å². The van der Waals surface area contributed by atoms with Crippen LogP contribution in [0.2, 0.25) is 0 Å². The van der Waals surface area contributed by atoms with Crippen LogP contribution in [0.25, 0.3) is 0 Å². The van der Waals surface area contributed by atoms with E-state index >= 15 is 0 Å². The molecule has 7 nitrogen and oxygen atoms in total. The average Bonchev–Trinajstić information content (AvgIpc) is 2.59. The van der Waals surface area contributed by atoms with Crippen LogP contribution >= 0.6 is 0 Å². The van der Waals surface area contributed by atoms with Crippen LogP contribution < -0.4 is 11.1 Å². The largest absolute Gasteiger partial charge is 0.388 e. The molecule has 96 valence electrons. The number of nitrogens with two attached hydrogens (primary N) is 1. The van der Waals surface area contributed by atoms with Crippen molar-refractivity contribution in [1.82, 2.24) is 20.5 Å². The number of nitrogens with one attached hydrogen (secondary N) is 2. The average molecular weight is 241 g/mol. The van der Waals surface area contributed by atoms with Crippen molar-refractivity contribution in [2.75, 3.05) is 12.3 Å². The van der Waals surface area contributed by atoms with Crippen LogP contribution in [-0.2, 0) is 0 Å². The fourth-order valence-electron chi connectivity index (χ4n) is 1.68. The zero-order valence-corrected chi connectivity index (χ0v) is 10.3. The van der Waals surface area contributed by atoms with Gasteiger partial charge in [0.2, 0.25) is 11.8 Å². The summed E-state index contributed by atoms with van der Waals surface area (Å²) in [6, 6.07) is 0. The molecule has 1 heterocycles. The monoisotopic (exact) mass is 241 g/mol. The Morgan fingerprint density at radius 1 is 1.65 bits per heavy atom. The summed E-state index contributed by atoms with van der Waals surface area (Å²) in [6.07, 6.45) is 0.603. The van der Waals surface area contributed by atoms with Crippen LogP contribution in [0.3, 0.4) is 0 Å². The number of aromatic amines is 1. The molecule has 1 unspecified atom stereocenters. The van der Waals surface area contributed by atoms with E-state index in [9.17, 15) is 9.90 Å². The minimum atomic E-state index is -0.935. The third-order valence-electron chi connectivity index (χ3n) is 2.20. The summed E-state index contributed by atoms with van der Waals surface area (Å²) < 4.78 is 0. The number of hydrogen-bond acceptors (Lipinski definition) is 5. The lowest BCUT2D eigenvalue weighted by Crippen LogP contribution is -2.41. The Kier molecular flexibility index (Phi) is 4.06. The molecule has 1 aromatic rings. The normalized spacial score (nSPS) is 14.6. The summed E-state index contributed by atoms with van der Waals surface area (Å²) in [5.74, 6) is -0.0204. The van der Waals surface area contributed by atoms with Crippen LogP contribution in [0.4, 0.5) is 5.95 Å². The quantitative estimate of drug-likeness (QED) is 0.575. The maximum absolute atomic E-state index is 11.6.